The lowest BCUT2D eigenvalue weighted by atomic mass is 9.89. The molecule has 4 nitrogen and oxygen atoms in total. The van der Waals surface area contributed by atoms with E-state index in [1.165, 1.54) is 11.3 Å². The third-order valence-corrected chi connectivity index (χ3v) is 4.08. The molecule has 2 N–H and O–H groups in total. The van der Waals surface area contributed by atoms with Crippen molar-refractivity contribution < 1.29 is 14.6 Å². The van der Waals surface area contributed by atoms with E-state index in [2.05, 4.69) is 17.2 Å². The van der Waals surface area contributed by atoms with Gasteiger partial charge in [-0.15, -0.1) is 11.3 Å². The Labute approximate surface area is 123 Å². The first-order valence-corrected chi connectivity index (χ1v) is 7.72. The molecule has 0 radical (unpaired) electrons. The molecule has 0 unspecified atom stereocenters. The molecule has 0 atom stereocenters. The van der Waals surface area contributed by atoms with Crippen molar-refractivity contribution in [2.75, 3.05) is 13.2 Å². The monoisotopic (exact) mass is 293 g/mol. The summed E-state index contributed by atoms with van der Waals surface area (Å²) in [5.74, 6) is 5.71. The third-order valence-electron chi connectivity index (χ3n) is 3.16. The van der Waals surface area contributed by atoms with E-state index in [1.807, 2.05) is 18.4 Å². The van der Waals surface area contributed by atoms with Gasteiger partial charge in [0.2, 0.25) is 0 Å². The van der Waals surface area contributed by atoms with Gasteiger partial charge < -0.3 is 15.2 Å². The summed E-state index contributed by atoms with van der Waals surface area (Å²) in [6, 6.07) is 2.05. The number of thiophene rings is 1. The maximum atomic E-state index is 12.2. The van der Waals surface area contributed by atoms with Gasteiger partial charge in [0, 0.05) is 24.6 Å². The van der Waals surface area contributed by atoms with Crippen molar-refractivity contribution in [2.45, 2.75) is 38.3 Å². The Balaban J connectivity index is 1.88. The van der Waals surface area contributed by atoms with Crippen molar-refractivity contribution in [3.05, 3.63) is 21.9 Å². The van der Waals surface area contributed by atoms with Gasteiger partial charge in [0.1, 0.15) is 4.88 Å². The Morgan fingerprint density at radius 3 is 3.10 bits per heavy atom. The summed E-state index contributed by atoms with van der Waals surface area (Å²) >= 11 is 1.40. The fourth-order valence-electron chi connectivity index (χ4n) is 2.10. The topological polar surface area (TPSA) is 58.6 Å². The van der Waals surface area contributed by atoms with Crippen molar-refractivity contribution in [3.8, 4) is 11.8 Å². The van der Waals surface area contributed by atoms with E-state index in [9.17, 15) is 4.79 Å². The second-order valence-corrected chi connectivity index (χ2v) is 5.57. The second kappa shape index (κ2) is 7.44. The van der Waals surface area contributed by atoms with Gasteiger partial charge in [-0.2, -0.15) is 0 Å². The predicted octanol–water partition coefficient (Wildman–Crippen LogP) is 1.78. The SMILES string of the molecule is CCOC1CC(NC(=O)c2sccc2C#CCCO)C1. The zero-order valence-corrected chi connectivity index (χ0v) is 12.3. The van der Waals surface area contributed by atoms with Gasteiger partial charge in [-0.25, -0.2) is 0 Å². The Bertz CT molecular complexity index is 509. The molecule has 1 amide bonds. The summed E-state index contributed by atoms with van der Waals surface area (Å²) in [6.45, 7) is 2.75. The van der Waals surface area contributed by atoms with Crippen molar-refractivity contribution >= 4 is 17.2 Å². The molecular weight excluding hydrogens is 274 g/mol. The van der Waals surface area contributed by atoms with E-state index in [0.29, 0.717) is 11.3 Å². The molecule has 0 aromatic carbocycles. The minimum Gasteiger partial charge on any atom is -0.395 e. The Hall–Kier alpha value is -1.35. The molecule has 0 bridgehead atoms. The highest BCUT2D eigenvalue weighted by atomic mass is 32.1. The number of aliphatic hydroxyl groups excluding tert-OH is 1. The average Bonchev–Trinajstić information content (AvgIpc) is 2.85. The van der Waals surface area contributed by atoms with Crippen LogP contribution < -0.4 is 5.32 Å². The van der Waals surface area contributed by atoms with Crippen LogP contribution in [0.25, 0.3) is 0 Å². The Kier molecular flexibility index (Phi) is 5.60. The van der Waals surface area contributed by atoms with Crippen LogP contribution in [0, 0.1) is 11.8 Å². The van der Waals surface area contributed by atoms with E-state index >= 15 is 0 Å². The Morgan fingerprint density at radius 1 is 1.60 bits per heavy atom. The van der Waals surface area contributed by atoms with E-state index < -0.39 is 0 Å². The molecule has 1 heterocycles. The number of hydrogen-bond acceptors (Lipinski definition) is 4. The number of ether oxygens (including phenoxy) is 1. The molecule has 108 valence electrons. The smallest absolute Gasteiger partial charge is 0.262 e. The van der Waals surface area contributed by atoms with Crippen LogP contribution in [0.3, 0.4) is 0 Å². The van der Waals surface area contributed by atoms with E-state index in [4.69, 9.17) is 9.84 Å². The lowest BCUT2D eigenvalue weighted by molar-refractivity contribution is -0.00858. The normalized spacial score (nSPS) is 20.7. The van der Waals surface area contributed by atoms with Gasteiger partial charge >= 0.3 is 0 Å². The van der Waals surface area contributed by atoms with Gasteiger partial charge in [0.25, 0.3) is 5.91 Å². The predicted molar refractivity (Wildman–Crippen MR) is 78.8 cm³/mol. The van der Waals surface area contributed by atoms with Crippen LogP contribution in [0.1, 0.15) is 41.4 Å². The molecule has 1 aliphatic rings. The molecule has 2 rings (SSSR count). The first-order chi connectivity index (χ1) is 9.74. The highest BCUT2D eigenvalue weighted by Gasteiger charge is 2.31. The van der Waals surface area contributed by atoms with Crippen LogP contribution >= 0.6 is 11.3 Å². The van der Waals surface area contributed by atoms with Crippen molar-refractivity contribution in [1.29, 1.82) is 0 Å². The number of carbonyl (C=O) groups excluding carboxylic acids is 1. The number of carbonyl (C=O) groups is 1. The quantitative estimate of drug-likeness (QED) is 0.814. The second-order valence-electron chi connectivity index (χ2n) is 4.66. The molecule has 1 aliphatic carbocycles. The highest BCUT2D eigenvalue weighted by Crippen LogP contribution is 2.24. The minimum absolute atomic E-state index is 0.0412. The molecule has 1 aromatic heterocycles. The van der Waals surface area contributed by atoms with Crippen LogP contribution in [-0.2, 0) is 4.74 Å². The lowest BCUT2D eigenvalue weighted by Gasteiger charge is -2.35. The molecular formula is C15H19NO3S. The van der Waals surface area contributed by atoms with Crippen molar-refractivity contribution in [1.82, 2.24) is 5.32 Å². The van der Waals surface area contributed by atoms with Gasteiger partial charge in [0.15, 0.2) is 0 Å². The lowest BCUT2D eigenvalue weighted by Crippen LogP contribution is -2.47. The number of nitrogens with one attached hydrogen (secondary N) is 1. The molecule has 20 heavy (non-hydrogen) atoms. The maximum Gasteiger partial charge on any atom is 0.262 e. The van der Waals surface area contributed by atoms with Crippen LogP contribution in [0.2, 0.25) is 0 Å². The summed E-state index contributed by atoms with van der Waals surface area (Å²) in [6.07, 6.45) is 2.49. The number of hydrogen-bond donors (Lipinski definition) is 2. The molecule has 5 heteroatoms. The standard InChI is InChI=1S/C15H19NO3S/c1-2-19-13-9-12(10-13)16-15(18)14-11(6-8-20-14)5-3-4-7-17/h6,8,12-13,17H,2,4,7,9-10H2,1H3,(H,16,18). The van der Waals surface area contributed by atoms with Gasteiger partial charge in [-0.1, -0.05) is 11.8 Å². The number of aliphatic hydroxyl groups is 1. The fraction of sp³-hybridized carbons (Fsp3) is 0.533. The molecule has 0 spiro atoms. The van der Waals surface area contributed by atoms with E-state index in [1.54, 1.807) is 0 Å². The van der Waals surface area contributed by atoms with Crippen LogP contribution in [0.15, 0.2) is 11.4 Å². The summed E-state index contributed by atoms with van der Waals surface area (Å²) in [5.41, 5.74) is 0.738. The van der Waals surface area contributed by atoms with Gasteiger partial charge in [-0.05, 0) is 31.2 Å². The van der Waals surface area contributed by atoms with Crippen LogP contribution in [0.5, 0.6) is 0 Å². The largest absolute Gasteiger partial charge is 0.395 e. The first kappa shape index (κ1) is 15.0. The minimum atomic E-state index is -0.0618. The van der Waals surface area contributed by atoms with Gasteiger partial charge in [0.05, 0.1) is 12.7 Å². The summed E-state index contributed by atoms with van der Waals surface area (Å²) in [4.78, 5) is 12.8. The summed E-state index contributed by atoms with van der Waals surface area (Å²) in [7, 11) is 0. The molecule has 0 saturated heterocycles. The molecule has 1 fully saturated rings. The van der Waals surface area contributed by atoms with E-state index in [-0.39, 0.29) is 24.7 Å². The zero-order valence-electron chi connectivity index (χ0n) is 11.5. The first-order valence-electron chi connectivity index (χ1n) is 6.84. The molecule has 0 aliphatic heterocycles. The summed E-state index contributed by atoms with van der Waals surface area (Å²) in [5, 5.41) is 13.6. The molecule has 1 saturated carbocycles. The fourth-order valence-corrected chi connectivity index (χ4v) is 2.86. The van der Waals surface area contributed by atoms with Crippen LogP contribution in [0.4, 0.5) is 0 Å². The van der Waals surface area contributed by atoms with Crippen LogP contribution in [-0.4, -0.2) is 36.4 Å². The number of amides is 1. The van der Waals surface area contributed by atoms with Crippen molar-refractivity contribution in [2.24, 2.45) is 0 Å². The van der Waals surface area contributed by atoms with Gasteiger partial charge in [-0.3, -0.25) is 4.79 Å². The number of rotatable bonds is 5. The Morgan fingerprint density at radius 2 is 2.40 bits per heavy atom. The third kappa shape index (κ3) is 3.83. The molecule has 1 aromatic rings. The van der Waals surface area contributed by atoms with E-state index in [0.717, 1.165) is 25.0 Å². The maximum absolute atomic E-state index is 12.2. The highest BCUT2D eigenvalue weighted by molar-refractivity contribution is 7.12. The average molecular weight is 293 g/mol. The summed E-state index contributed by atoms with van der Waals surface area (Å²) < 4.78 is 5.47. The zero-order chi connectivity index (χ0) is 14.4. The van der Waals surface area contributed by atoms with Crippen molar-refractivity contribution in [3.63, 3.8) is 0 Å².